The van der Waals surface area contributed by atoms with Crippen molar-refractivity contribution in [2.45, 2.75) is 32.7 Å². The molecule has 0 saturated carbocycles. The molecule has 0 aliphatic carbocycles. The van der Waals surface area contributed by atoms with Gasteiger partial charge in [-0.3, -0.25) is 0 Å². The third-order valence-electron chi connectivity index (χ3n) is 1.79. The maximum atomic E-state index is 5.42. The lowest BCUT2D eigenvalue weighted by atomic mass is 10.1. The summed E-state index contributed by atoms with van der Waals surface area (Å²) >= 11 is 0. The largest absolute Gasteiger partial charge is 0.330 e. The average Bonchev–Trinajstić information content (AvgIpc) is 2.52. The molecule has 5 heteroatoms. The Kier molecular flexibility index (Phi) is 3.16. The lowest BCUT2D eigenvalue weighted by Crippen LogP contribution is -2.06. The van der Waals surface area contributed by atoms with Crippen LogP contribution in [-0.4, -0.2) is 26.8 Å². The zero-order valence-electron chi connectivity index (χ0n) is 7.56. The second kappa shape index (κ2) is 4.15. The first-order valence-electron chi connectivity index (χ1n) is 4.25. The highest BCUT2D eigenvalue weighted by molar-refractivity contribution is 4.87. The fourth-order valence-electron chi connectivity index (χ4n) is 0.966. The number of aryl methyl sites for hydroxylation is 1. The molecule has 1 unspecified atom stereocenters. The highest BCUT2D eigenvalue weighted by Crippen LogP contribution is 2.11. The Morgan fingerprint density at radius 2 is 2.33 bits per heavy atom. The smallest absolute Gasteiger partial charge is 0.177 e. The Hall–Kier alpha value is -0.970. The molecule has 0 aromatic carbocycles. The molecule has 12 heavy (non-hydrogen) atoms. The van der Waals surface area contributed by atoms with E-state index in [1.807, 2.05) is 6.92 Å². The Labute approximate surface area is 71.9 Å². The van der Waals surface area contributed by atoms with Crippen molar-refractivity contribution < 1.29 is 0 Å². The molecule has 1 aromatic heterocycles. The van der Waals surface area contributed by atoms with Gasteiger partial charge in [-0.15, -0.1) is 10.2 Å². The lowest BCUT2D eigenvalue weighted by molar-refractivity contribution is 0.546. The molecule has 0 bridgehead atoms. The fraction of sp³-hybridized carbons (Fsp3) is 0.857. The zero-order chi connectivity index (χ0) is 8.97. The maximum Gasteiger partial charge on any atom is 0.177 e. The molecule has 1 rings (SSSR count). The summed E-state index contributed by atoms with van der Waals surface area (Å²) < 4.78 is 0. The predicted octanol–water partition coefficient (Wildman–Crippen LogP) is 0.145. The quantitative estimate of drug-likeness (QED) is 0.696. The van der Waals surface area contributed by atoms with Crippen molar-refractivity contribution in [2.24, 2.45) is 5.73 Å². The minimum Gasteiger partial charge on any atom is -0.330 e. The van der Waals surface area contributed by atoms with Crippen molar-refractivity contribution >= 4 is 0 Å². The molecule has 0 radical (unpaired) electrons. The van der Waals surface area contributed by atoms with E-state index in [4.69, 9.17) is 5.73 Å². The number of hydrogen-bond acceptors (Lipinski definition) is 4. The first-order chi connectivity index (χ1) is 5.77. The van der Waals surface area contributed by atoms with Gasteiger partial charge in [0.1, 0.15) is 0 Å². The van der Waals surface area contributed by atoms with Crippen LogP contribution >= 0.6 is 0 Å². The van der Waals surface area contributed by atoms with Gasteiger partial charge >= 0.3 is 0 Å². The molecule has 1 atom stereocenters. The zero-order valence-corrected chi connectivity index (χ0v) is 7.56. The van der Waals surface area contributed by atoms with Crippen molar-refractivity contribution in [1.29, 1.82) is 0 Å². The van der Waals surface area contributed by atoms with Crippen LogP contribution in [0.15, 0.2) is 0 Å². The van der Waals surface area contributed by atoms with Crippen LogP contribution in [0, 0.1) is 0 Å². The number of rotatable bonds is 4. The number of nitrogens with two attached hydrogens (primary N) is 1. The fourth-order valence-corrected chi connectivity index (χ4v) is 0.966. The van der Waals surface area contributed by atoms with Crippen molar-refractivity contribution in [3.8, 4) is 0 Å². The summed E-state index contributed by atoms with van der Waals surface area (Å²) in [5, 5.41) is 12.0. The second-order valence-electron chi connectivity index (χ2n) is 2.81. The Morgan fingerprint density at radius 1 is 1.58 bits per heavy atom. The van der Waals surface area contributed by atoms with Crippen molar-refractivity contribution in [2.75, 3.05) is 6.54 Å². The molecule has 2 N–H and O–H groups in total. The summed E-state index contributed by atoms with van der Waals surface area (Å²) in [6, 6.07) is 0. The van der Waals surface area contributed by atoms with Crippen LogP contribution in [0.25, 0.3) is 0 Å². The monoisotopic (exact) mass is 169 g/mol. The van der Waals surface area contributed by atoms with Gasteiger partial charge in [0.15, 0.2) is 5.82 Å². The topological polar surface area (TPSA) is 69.6 Å². The van der Waals surface area contributed by atoms with Crippen LogP contribution in [-0.2, 0) is 6.54 Å². The molecule has 0 aliphatic heterocycles. The number of nitrogens with zero attached hydrogens (tertiary/aromatic N) is 4. The number of aromatic nitrogens is 4. The summed E-state index contributed by atoms with van der Waals surface area (Å²) in [5.74, 6) is 1.11. The standard InChI is InChI=1S/C7H15N5/c1-3-12-10-7(9-11-12)6(2)4-5-8/h6H,3-5,8H2,1-2H3. The first-order valence-corrected chi connectivity index (χ1v) is 4.25. The van der Waals surface area contributed by atoms with Gasteiger partial charge < -0.3 is 5.73 Å². The van der Waals surface area contributed by atoms with Crippen LogP contribution in [0.5, 0.6) is 0 Å². The summed E-state index contributed by atoms with van der Waals surface area (Å²) in [5.41, 5.74) is 5.42. The van der Waals surface area contributed by atoms with E-state index >= 15 is 0 Å². The van der Waals surface area contributed by atoms with E-state index in [9.17, 15) is 0 Å². The van der Waals surface area contributed by atoms with Gasteiger partial charge in [0.05, 0.1) is 6.54 Å². The highest BCUT2D eigenvalue weighted by Gasteiger charge is 2.09. The van der Waals surface area contributed by atoms with Gasteiger partial charge in [-0.05, 0) is 25.1 Å². The second-order valence-corrected chi connectivity index (χ2v) is 2.81. The van der Waals surface area contributed by atoms with Crippen molar-refractivity contribution in [1.82, 2.24) is 20.2 Å². The maximum absolute atomic E-state index is 5.42. The SMILES string of the molecule is CCn1nnc(C(C)CCN)n1. The first kappa shape index (κ1) is 9.12. The molecule has 1 aromatic rings. The normalized spacial score (nSPS) is 13.2. The minimum absolute atomic E-state index is 0.315. The van der Waals surface area contributed by atoms with Gasteiger partial charge in [0, 0.05) is 5.92 Å². The molecule has 1 heterocycles. The Bertz CT molecular complexity index is 231. The van der Waals surface area contributed by atoms with Gasteiger partial charge in [0.2, 0.25) is 0 Å². The van der Waals surface area contributed by atoms with E-state index in [2.05, 4.69) is 22.3 Å². The van der Waals surface area contributed by atoms with Crippen LogP contribution in [0.4, 0.5) is 0 Å². The van der Waals surface area contributed by atoms with Gasteiger partial charge in [-0.2, -0.15) is 4.80 Å². The molecular weight excluding hydrogens is 154 g/mol. The van der Waals surface area contributed by atoms with E-state index in [-0.39, 0.29) is 0 Å². The van der Waals surface area contributed by atoms with E-state index in [0.29, 0.717) is 12.5 Å². The average molecular weight is 169 g/mol. The summed E-state index contributed by atoms with van der Waals surface area (Å²) in [6.45, 7) is 5.48. The van der Waals surface area contributed by atoms with E-state index < -0.39 is 0 Å². The van der Waals surface area contributed by atoms with Crippen molar-refractivity contribution in [3.63, 3.8) is 0 Å². The summed E-state index contributed by atoms with van der Waals surface area (Å²) in [4.78, 5) is 1.59. The molecule has 0 amide bonds. The number of hydrogen-bond donors (Lipinski definition) is 1. The Morgan fingerprint density at radius 3 is 2.83 bits per heavy atom. The Balaban J connectivity index is 2.61. The van der Waals surface area contributed by atoms with E-state index in [0.717, 1.165) is 18.8 Å². The summed E-state index contributed by atoms with van der Waals surface area (Å²) in [6.07, 6.45) is 0.912. The van der Waals surface area contributed by atoms with Gasteiger partial charge in [-0.25, -0.2) is 0 Å². The molecule has 0 saturated heterocycles. The van der Waals surface area contributed by atoms with Crippen LogP contribution in [0.3, 0.4) is 0 Å². The van der Waals surface area contributed by atoms with Crippen LogP contribution in [0.1, 0.15) is 32.0 Å². The minimum atomic E-state index is 0.315. The van der Waals surface area contributed by atoms with Gasteiger partial charge in [0.25, 0.3) is 0 Å². The highest BCUT2D eigenvalue weighted by atomic mass is 15.6. The van der Waals surface area contributed by atoms with Crippen LogP contribution < -0.4 is 5.73 Å². The molecule has 68 valence electrons. The number of tetrazole rings is 1. The molecular formula is C7H15N5. The summed E-state index contributed by atoms with van der Waals surface area (Å²) in [7, 11) is 0. The third kappa shape index (κ3) is 2.01. The lowest BCUT2D eigenvalue weighted by Gasteiger charge is -2.01. The third-order valence-corrected chi connectivity index (χ3v) is 1.79. The predicted molar refractivity (Wildman–Crippen MR) is 45.6 cm³/mol. The van der Waals surface area contributed by atoms with Gasteiger partial charge in [-0.1, -0.05) is 6.92 Å². The molecule has 0 aliphatic rings. The molecule has 0 spiro atoms. The molecule has 0 fully saturated rings. The van der Waals surface area contributed by atoms with Crippen molar-refractivity contribution in [3.05, 3.63) is 5.82 Å². The van der Waals surface area contributed by atoms with Crippen LogP contribution in [0.2, 0.25) is 0 Å². The van der Waals surface area contributed by atoms with E-state index in [1.165, 1.54) is 0 Å². The molecule has 5 nitrogen and oxygen atoms in total. The van der Waals surface area contributed by atoms with E-state index in [1.54, 1.807) is 4.80 Å².